The molecule has 2 aromatic rings. The molecule has 344 valence electrons. The van der Waals surface area contributed by atoms with Gasteiger partial charge in [-0.3, -0.25) is 19.6 Å². The van der Waals surface area contributed by atoms with E-state index in [1.165, 1.54) is 53.4 Å². The molecule has 21 nitrogen and oxygen atoms in total. The molecule has 0 spiro atoms. The van der Waals surface area contributed by atoms with Crippen molar-refractivity contribution in [3.05, 3.63) is 40.9 Å². The Morgan fingerprint density at radius 1 is 0.763 bits per heavy atom. The van der Waals surface area contributed by atoms with Crippen LogP contribution in [0.3, 0.4) is 0 Å². The lowest BCUT2D eigenvalue weighted by Gasteiger charge is -2.26. The topological polar surface area (TPSA) is 288 Å². The van der Waals surface area contributed by atoms with Crippen LogP contribution < -0.4 is 36.5 Å². The van der Waals surface area contributed by atoms with Gasteiger partial charge in [-0.2, -0.15) is 4.98 Å². The van der Waals surface area contributed by atoms with Crippen LogP contribution in [0.2, 0.25) is 0 Å². The van der Waals surface area contributed by atoms with Gasteiger partial charge in [-0.25, -0.2) is 19.2 Å². The highest BCUT2D eigenvalue weighted by molar-refractivity contribution is 14.2. The summed E-state index contributed by atoms with van der Waals surface area (Å²) in [4.78, 5) is 81.2. The van der Waals surface area contributed by atoms with Crippen LogP contribution in [0.5, 0.6) is 24.0 Å². The number of amides is 3. The minimum Gasteiger partial charge on any atom is -0.467 e. The van der Waals surface area contributed by atoms with Crippen LogP contribution in [0.15, 0.2) is 29.3 Å². The van der Waals surface area contributed by atoms with E-state index in [1.54, 1.807) is 60.6 Å². The maximum absolute atomic E-state index is 12.4. The number of aryl methyl sites for hydroxylation is 1. The molecule has 2 aliphatic rings. The quantitative estimate of drug-likeness (QED) is 0.146. The van der Waals surface area contributed by atoms with Crippen molar-refractivity contribution in [3.8, 4) is 24.0 Å². The zero-order valence-corrected chi connectivity index (χ0v) is 37.1. The molecule has 4 heterocycles. The summed E-state index contributed by atoms with van der Waals surface area (Å²) in [6, 6.07) is -1.80. The third-order valence-electron chi connectivity index (χ3n) is 5.79. The number of nitrogens with zero attached hydrogens (tertiary/aromatic N) is 7. The van der Waals surface area contributed by atoms with E-state index in [9.17, 15) is 24.0 Å². The summed E-state index contributed by atoms with van der Waals surface area (Å²) in [5, 5.41) is 0. The molecular weight excluding hydrogens is 1000 g/mol. The van der Waals surface area contributed by atoms with E-state index in [2.05, 4.69) is 79.8 Å². The number of alkyl halides is 2. The molecule has 6 N–H and O–H groups in total. The first-order valence-corrected chi connectivity index (χ1v) is 18.5. The second kappa shape index (κ2) is 31.5. The van der Waals surface area contributed by atoms with Crippen molar-refractivity contribution in [2.45, 2.75) is 122 Å². The highest BCUT2D eigenvalue weighted by Gasteiger charge is 2.36. The van der Waals surface area contributed by atoms with Crippen LogP contribution in [0.1, 0.15) is 100 Å². The number of esters is 1. The van der Waals surface area contributed by atoms with Crippen LogP contribution in [-0.4, -0.2) is 111 Å². The molecule has 2 atom stereocenters. The summed E-state index contributed by atoms with van der Waals surface area (Å²) >= 11 is 4.55. The fraction of sp³-hybridized carbons (Fsp3) is 0.611. The first-order chi connectivity index (χ1) is 25.7. The number of ether oxygens (including phenoxy) is 6. The Kier molecular flexibility index (Phi) is 34.1. The smallest absolute Gasteiger partial charge is 0.415 e. The molecule has 23 heteroatoms. The van der Waals surface area contributed by atoms with Crippen molar-refractivity contribution in [2.75, 3.05) is 23.8 Å². The maximum atomic E-state index is 12.4. The van der Waals surface area contributed by atoms with Gasteiger partial charge in [0, 0.05) is 15.2 Å². The molecular formula is C36H70I2N10O11. The van der Waals surface area contributed by atoms with Crippen LogP contribution in [0.4, 0.5) is 9.59 Å². The average Bonchev–Trinajstić information content (AvgIpc) is 3.79. The summed E-state index contributed by atoms with van der Waals surface area (Å²) in [6.07, 6.45) is 5.96. The van der Waals surface area contributed by atoms with Crippen molar-refractivity contribution >= 4 is 69.2 Å². The fourth-order valence-electron chi connectivity index (χ4n) is 3.77. The Balaban J connectivity index is -0.000000140. The molecule has 0 aliphatic carbocycles. The molecule has 4 rings (SSSR count). The Labute approximate surface area is 379 Å². The van der Waals surface area contributed by atoms with E-state index in [4.69, 9.17) is 30.8 Å². The number of hydrogen-bond donors (Lipinski definition) is 3. The largest absolute Gasteiger partial charge is 0.467 e. The van der Waals surface area contributed by atoms with Gasteiger partial charge in [-0.05, 0) is 61.3 Å². The summed E-state index contributed by atoms with van der Waals surface area (Å²) in [6.45, 7) is 12.2. The minimum absolute atomic E-state index is 0. The second-order valence-corrected chi connectivity index (χ2v) is 16.7. The summed E-state index contributed by atoms with van der Waals surface area (Å²) < 4.78 is 36.9. The van der Waals surface area contributed by atoms with Gasteiger partial charge in [0.2, 0.25) is 5.91 Å². The molecule has 3 amide bonds. The van der Waals surface area contributed by atoms with Gasteiger partial charge in [0.25, 0.3) is 0 Å². The number of carbonyl (C=O) groups is 4. The predicted octanol–water partition coefficient (Wildman–Crippen LogP) is 7.20. The van der Waals surface area contributed by atoms with Gasteiger partial charge in [0.1, 0.15) is 29.1 Å². The number of halogens is 2. The molecule has 0 fully saturated rings. The van der Waals surface area contributed by atoms with Crippen molar-refractivity contribution in [1.82, 2.24) is 45.9 Å². The maximum Gasteiger partial charge on any atom is 0.415 e. The van der Waals surface area contributed by atoms with E-state index in [0.717, 1.165) is 0 Å². The predicted molar refractivity (Wildman–Crippen MR) is 247 cm³/mol. The van der Waals surface area contributed by atoms with Crippen molar-refractivity contribution in [2.24, 2.45) is 5.73 Å². The summed E-state index contributed by atoms with van der Waals surface area (Å²) in [5.74, 6) is -0.742. The normalized spacial score (nSPS) is 14.2. The van der Waals surface area contributed by atoms with Gasteiger partial charge in [0.15, 0.2) is 0 Å². The summed E-state index contributed by atoms with van der Waals surface area (Å²) in [7, 11) is 5.37. The van der Waals surface area contributed by atoms with E-state index in [0.29, 0.717) is 12.2 Å². The lowest BCUT2D eigenvalue weighted by atomic mass is 10.2. The van der Waals surface area contributed by atoms with Crippen molar-refractivity contribution < 1.29 is 50.4 Å². The Bertz CT molecular complexity index is 1660. The molecule has 0 aromatic carbocycles. The van der Waals surface area contributed by atoms with Gasteiger partial charge in [0.05, 0.1) is 23.8 Å². The first-order valence-electron chi connectivity index (χ1n) is 16.5. The summed E-state index contributed by atoms with van der Waals surface area (Å²) in [5.41, 5.74) is 3.46. The number of methoxy groups -OCH3 is 3. The third-order valence-corrected chi connectivity index (χ3v) is 5.79. The number of H-pyrrole nitrogens is 1. The van der Waals surface area contributed by atoms with Gasteiger partial charge in [-0.1, -0.05) is 94.4 Å². The molecule has 0 unspecified atom stereocenters. The van der Waals surface area contributed by atoms with Crippen LogP contribution in [0, 0.1) is 6.92 Å². The Morgan fingerprint density at radius 3 is 1.47 bits per heavy atom. The number of aromatic amines is 1. The monoisotopic (exact) mass is 1080 g/mol. The molecule has 2 aromatic heterocycles. The van der Waals surface area contributed by atoms with E-state index >= 15 is 0 Å². The zero-order chi connectivity index (χ0) is 42.5. The molecule has 0 saturated carbocycles. The van der Waals surface area contributed by atoms with Crippen LogP contribution in [-0.2, 0) is 19.1 Å². The van der Waals surface area contributed by atoms with Crippen LogP contribution in [0.25, 0.3) is 0 Å². The number of carbonyl (C=O) groups excluding carboxylic acids is 4. The standard InChI is InChI=1S/C15H20N4O6.C10H16N2O3.C5H7N3O2.CH2I2.5CH4.H3N.H2/c1-15(2,3)25-14(21)19-8-6-7-9(19)10(20)24-13-17-11(22-4)16-12(18-13)23-5;1-10(2,3)15-9(14)12-6-4-5-7(12)8(11)13;1-3-6-4(9)8-5(7-3)10-2;2-1-3;;;;;;;/h6,8-9H,7H2,1-5H3;4,6-7H,5H2,1-3H3,(H2,11,13);1-2H3,(H,6,7,8,9);1H2;5*1H4;1H3;1H/t9-;7-;;;;;;;;;/m00........./s1/i;;;;1T;;;;;;1+1. The molecule has 2 aliphatic heterocycles. The number of aromatic nitrogens is 6. The highest BCUT2D eigenvalue weighted by atomic mass is 127. The Morgan fingerprint density at radius 2 is 1.12 bits per heavy atom. The number of nitrogens with one attached hydrogen (secondary N) is 1. The number of nitrogens with two attached hydrogens (primary N) is 1. The van der Waals surface area contributed by atoms with Gasteiger partial charge >= 0.3 is 47.9 Å². The minimum atomic E-state index is -0.872. The van der Waals surface area contributed by atoms with Crippen molar-refractivity contribution in [3.63, 3.8) is 0 Å². The molecule has 0 bridgehead atoms. The average molecular weight is 1080 g/mol. The van der Waals surface area contributed by atoms with Gasteiger partial charge in [-0.15, -0.1) is 19.9 Å². The number of hydrogen-bond acceptors (Lipinski definition) is 17. The Hall–Kier alpha value is -4.40. The molecule has 0 saturated heterocycles. The lowest BCUT2D eigenvalue weighted by Crippen LogP contribution is -2.44. The SMILES string of the molecule is C.C.C.C.CC(C)(C)OC(=O)N1C=CC[C@H]1C(N)=O.COc1nc(C)[nH]c(=O)n1.COc1nc(OC)nc(OC(=O)[C@@H]2CC=CN2C(=O)OC(C)(C)C)n1.ICI.N.[2HH].[3H]C. The molecule has 59 heavy (non-hydrogen) atoms. The first kappa shape index (κ1) is 63.8. The fourth-order valence-corrected chi connectivity index (χ4v) is 3.77. The number of primary amides is 1. The van der Waals surface area contributed by atoms with Gasteiger partial charge < -0.3 is 40.3 Å². The zero-order valence-electron chi connectivity index (χ0n) is 33.7. The lowest BCUT2D eigenvalue weighted by molar-refractivity contribution is -0.139. The second-order valence-electron chi connectivity index (χ2n) is 12.3. The number of rotatable bonds is 6. The van der Waals surface area contributed by atoms with E-state index in [-0.39, 0.29) is 67.7 Å². The molecule has 0 radical (unpaired) electrons. The third kappa shape index (κ3) is 25.0. The highest BCUT2D eigenvalue weighted by Crippen LogP contribution is 2.22. The van der Waals surface area contributed by atoms with Crippen molar-refractivity contribution in [1.29, 1.82) is 0 Å². The van der Waals surface area contributed by atoms with E-state index in [1.807, 2.05) is 0 Å². The van der Waals surface area contributed by atoms with E-state index < -0.39 is 53.0 Å². The van der Waals surface area contributed by atoms with Crippen LogP contribution >= 0.6 is 45.2 Å².